The molecule has 0 spiro atoms. The lowest BCUT2D eigenvalue weighted by Gasteiger charge is -2.26. The number of hydrogen-bond donors (Lipinski definition) is 1. The zero-order valence-corrected chi connectivity index (χ0v) is 22.3. The number of nitrogens with one attached hydrogen (secondary N) is 1. The van der Waals surface area contributed by atoms with Gasteiger partial charge in [-0.15, -0.1) is 0 Å². The maximum Gasteiger partial charge on any atom is 0.335 e. The molecule has 40 heavy (non-hydrogen) atoms. The Bertz CT molecular complexity index is 1500. The van der Waals surface area contributed by atoms with Crippen molar-refractivity contribution in [2.24, 2.45) is 0 Å². The number of nitro benzene ring substituents is 1. The normalized spacial score (nSPS) is 14.2. The number of nitrogens with zero attached hydrogens (tertiary/aromatic N) is 2. The summed E-state index contributed by atoms with van der Waals surface area (Å²) in [5.41, 5.74) is 0.769. The number of hydrogen-bond acceptors (Lipinski definition) is 8. The van der Waals surface area contributed by atoms with Gasteiger partial charge in [0.15, 0.2) is 11.5 Å². The molecule has 0 bridgehead atoms. The van der Waals surface area contributed by atoms with Gasteiger partial charge in [0.05, 0.1) is 28.8 Å². The van der Waals surface area contributed by atoms with E-state index in [9.17, 15) is 24.5 Å². The van der Waals surface area contributed by atoms with Gasteiger partial charge in [-0.25, -0.2) is 9.69 Å². The number of ether oxygens (including phenoxy) is 3. The molecule has 3 aromatic rings. The van der Waals surface area contributed by atoms with E-state index in [2.05, 4.69) is 5.32 Å². The lowest BCUT2D eigenvalue weighted by Crippen LogP contribution is -2.54. The van der Waals surface area contributed by atoms with Crippen molar-refractivity contribution in [3.8, 4) is 17.2 Å². The van der Waals surface area contributed by atoms with E-state index >= 15 is 0 Å². The van der Waals surface area contributed by atoms with Crippen molar-refractivity contribution in [3.05, 3.63) is 92.5 Å². The number of non-ortho nitro benzene ring substituents is 1. The highest BCUT2D eigenvalue weighted by atomic mass is 35.5. The molecule has 1 saturated heterocycles. The van der Waals surface area contributed by atoms with Gasteiger partial charge in [-0.2, -0.15) is 0 Å². The fourth-order valence-electron chi connectivity index (χ4n) is 3.91. The van der Waals surface area contributed by atoms with Crippen molar-refractivity contribution < 1.29 is 33.5 Å². The van der Waals surface area contributed by atoms with Gasteiger partial charge < -0.3 is 14.2 Å². The largest absolute Gasteiger partial charge is 0.494 e. The Morgan fingerprint density at radius 3 is 2.38 bits per heavy atom. The summed E-state index contributed by atoms with van der Waals surface area (Å²) in [6, 6.07) is 14.4. The number of barbiturate groups is 1. The monoisotopic (exact) mass is 565 g/mol. The molecule has 4 rings (SSSR count). The van der Waals surface area contributed by atoms with E-state index in [1.54, 1.807) is 31.2 Å². The molecule has 0 unspecified atom stereocenters. The van der Waals surface area contributed by atoms with Crippen molar-refractivity contribution in [1.82, 2.24) is 5.32 Å². The summed E-state index contributed by atoms with van der Waals surface area (Å²) in [6.45, 7) is 4.26. The minimum Gasteiger partial charge on any atom is -0.494 e. The number of nitro groups is 1. The predicted molar refractivity (Wildman–Crippen MR) is 147 cm³/mol. The zero-order valence-electron chi connectivity index (χ0n) is 21.5. The van der Waals surface area contributed by atoms with Gasteiger partial charge in [0, 0.05) is 12.1 Å². The van der Waals surface area contributed by atoms with Gasteiger partial charge >= 0.3 is 6.03 Å². The average molecular weight is 566 g/mol. The van der Waals surface area contributed by atoms with Crippen LogP contribution in [0.2, 0.25) is 5.02 Å². The summed E-state index contributed by atoms with van der Waals surface area (Å²) < 4.78 is 16.9. The van der Waals surface area contributed by atoms with Crippen LogP contribution in [0.25, 0.3) is 6.08 Å². The number of carbonyl (C=O) groups is 3. The molecule has 0 radical (unpaired) electrons. The number of urea groups is 1. The molecule has 0 saturated carbocycles. The van der Waals surface area contributed by atoms with Crippen molar-refractivity contribution in [2.75, 3.05) is 18.1 Å². The fourth-order valence-corrected chi connectivity index (χ4v) is 4.18. The van der Waals surface area contributed by atoms with E-state index in [4.69, 9.17) is 25.8 Å². The third-order valence-corrected chi connectivity index (χ3v) is 5.94. The van der Waals surface area contributed by atoms with Crippen molar-refractivity contribution >= 4 is 46.9 Å². The van der Waals surface area contributed by atoms with Crippen LogP contribution < -0.4 is 24.4 Å². The molecule has 11 nitrogen and oxygen atoms in total. The van der Waals surface area contributed by atoms with Crippen molar-refractivity contribution in [3.63, 3.8) is 0 Å². The van der Waals surface area contributed by atoms with Crippen LogP contribution in [0.4, 0.5) is 16.2 Å². The van der Waals surface area contributed by atoms with Crippen LogP contribution >= 0.6 is 11.6 Å². The molecule has 3 aromatic carbocycles. The van der Waals surface area contributed by atoms with Crippen LogP contribution in [0.3, 0.4) is 0 Å². The lowest BCUT2D eigenvalue weighted by atomic mass is 10.1. The molecular formula is C28H24ClN3O8. The van der Waals surface area contributed by atoms with Crippen molar-refractivity contribution in [1.29, 1.82) is 0 Å². The lowest BCUT2D eigenvalue weighted by molar-refractivity contribution is -0.384. The number of benzene rings is 3. The Balaban J connectivity index is 1.62. The minimum absolute atomic E-state index is 0.0258. The first-order chi connectivity index (χ1) is 19.2. The van der Waals surface area contributed by atoms with E-state index in [1.807, 2.05) is 6.92 Å². The number of anilines is 1. The fraction of sp³-hybridized carbons (Fsp3) is 0.179. The van der Waals surface area contributed by atoms with Crippen LogP contribution in [0.15, 0.2) is 66.2 Å². The molecule has 1 heterocycles. The Morgan fingerprint density at radius 1 is 0.975 bits per heavy atom. The van der Waals surface area contributed by atoms with Crippen LogP contribution in [0.1, 0.15) is 25.0 Å². The smallest absolute Gasteiger partial charge is 0.335 e. The summed E-state index contributed by atoms with van der Waals surface area (Å²) >= 11 is 6.49. The third kappa shape index (κ3) is 6.21. The molecule has 0 atom stereocenters. The van der Waals surface area contributed by atoms with Gasteiger partial charge in [0.25, 0.3) is 17.5 Å². The Kier molecular flexibility index (Phi) is 8.65. The highest BCUT2D eigenvalue weighted by Crippen LogP contribution is 2.38. The average Bonchev–Trinajstić information content (AvgIpc) is 2.92. The van der Waals surface area contributed by atoms with E-state index in [0.29, 0.717) is 23.5 Å². The quantitative estimate of drug-likeness (QED) is 0.151. The van der Waals surface area contributed by atoms with Crippen LogP contribution in [0, 0.1) is 10.1 Å². The van der Waals surface area contributed by atoms with Gasteiger partial charge in [-0.3, -0.25) is 25.0 Å². The van der Waals surface area contributed by atoms with E-state index in [0.717, 1.165) is 4.90 Å². The Hall–Kier alpha value is -4.90. The summed E-state index contributed by atoms with van der Waals surface area (Å²) in [7, 11) is 0. The minimum atomic E-state index is -0.880. The first kappa shape index (κ1) is 28.1. The first-order valence-electron chi connectivity index (χ1n) is 12.2. The first-order valence-corrected chi connectivity index (χ1v) is 12.6. The summed E-state index contributed by atoms with van der Waals surface area (Å²) in [6.07, 6.45) is 1.30. The van der Waals surface area contributed by atoms with E-state index in [1.165, 1.54) is 42.5 Å². The molecule has 1 aliphatic rings. The summed E-state index contributed by atoms with van der Waals surface area (Å²) in [4.78, 5) is 49.8. The van der Waals surface area contributed by atoms with Gasteiger partial charge in [-0.1, -0.05) is 23.7 Å². The number of amides is 4. The van der Waals surface area contributed by atoms with Crippen LogP contribution in [-0.4, -0.2) is 36.0 Å². The Morgan fingerprint density at radius 2 is 1.70 bits per heavy atom. The van der Waals surface area contributed by atoms with Crippen molar-refractivity contribution in [2.45, 2.75) is 20.5 Å². The Labute approximate surface area is 234 Å². The number of halogens is 1. The van der Waals surface area contributed by atoms with Gasteiger partial charge in [-0.05, 0) is 67.4 Å². The molecule has 0 aromatic heterocycles. The molecule has 12 heteroatoms. The molecule has 0 aliphatic carbocycles. The third-order valence-electron chi connectivity index (χ3n) is 5.65. The van der Waals surface area contributed by atoms with Crippen LogP contribution in [-0.2, 0) is 16.2 Å². The van der Waals surface area contributed by atoms with Crippen LogP contribution in [0.5, 0.6) is 17.2 Å². The maximum atomic E-state index is 13.3. The number of carbonyl (C=O) groups excluding carboxylic acids is 3. The predicted octanol–water partition coefficient (Wildman–Crippen LogP) is 5.29. The molecule has 1 fully saturated rings. The zero-order chi connectivity index (χ0) is 28.8. The van der Waals surface area contributed by atoms with E-state index in [-0.39, 0.29) is 46.7 Å². The second-order valence-electron chi connectivity index (χ2n) is 8.36. The molecular weight excluding hydrogens is 542 g/mol. The standard InChI is InChI=1S/C28H24ClN3O8/c1-3-38-21-10-8-19(9-11-21)31-27(34)22(26(33)30-28(31)35)13-18-14-23(29)25(24(15-18)39-4-2)40-16-17-6-5-7-20(12-17)32(36)37/h5-15H,3-4,16H2,1-2H3,(H,30,33,35)/b22-13+. The second-order valence-corrected chi connectivity index (χ2v) is 8.77. The van der Waals surface area contributed by atoms with Gasteiger partial charge in [0.1, 0.15) is 17.9 Å². The number of imide groups is 2. The number of rotatable bonds is 10. The highest BCUT2D eigenvalue weighted by molar-refractivity contribution is 6.39. The second kappa shape index (κ2) is 12.3. The maximum absolute atomic E-state index is 13.3. The molecule has 206 valence electrons. The molecule has 1 aliphatic heterocycles. The molecule has 1 N–H and O–H groups in total. The summed E-state index contributed by atoms with van der Waals surface area (Å²) in [5.74, 6) is -0.706. The van der Waals surface area contributed by atoms with E-state index < -0.39 is 22.8 Å². The van der Waals surface area contributed by atoms with Gasteiger partial charge in [0.2, 0.25) is 0 Å². The molecule has 4 amide bonds. The topological polar surface area (TPSA) is 137 Å². The SMILES string of the molecule is CCOc1ccc(N2C(=O)NC(=O)/C(=C\c3cc(Cl)c(OCc4cccc([N+](=O)[O-])c4)c(OCC)c3)C2=O)cc1. The highest BCUT2D eigenvalue weighted by Gasteiger charge is 2.37. The summed E-state index contributed by atoms with van der Waals surface area (Å²) in [5, 5.41) is 13.4.